The summed E-state index contributed by atoms with van der Waals surface area (Å²) < 4.78 is 44.7. The first-order chi connectivity index (χ1) is 12.3. The molecule has 0 radical (unpaired) electrons. The van der Waals surface area contributed by atoms with E-state index in [1.165, 1.54) is 18.2 Å². The van der Waals surface area contributed by atoms with E-state index in [4.69, 9.17) is 4.42 Å². The summed E-state index contributed by atoms with van der Waals surface area (Å²) in [6.07, 6.45) is 1.49. The minimum Gasteiger partial charge on any atom is -0.467 e. The number of halogens is 3. The van der Waals surface area contributed by atoms with E-state index in [9.17, 15) is 22.8 Å². The molecule has 1 heterocycles. The highest BCUT2D eigenvalue weighted by Gasteiger charge is 2.18. The lowest BCUT2D eigenvalue weighted by Gasteiger charge is -2.18. The fourth-order valence-corrected chi connectivity index (χ4v) is 2.25. The van der Waals surface area contributed by atoms with Gasteiger partial charge in [0, 0.05) is 0 Å². The van der Waals surface area contributed by atoms with Gasteiger partial charge in [-0.2, -0.15) is 0 Å². The average Bonchev–Trinajstić information content (AvgIpc) is 3.09. The minimum absolute atomic E-state index is 0.0985. The van der Waals surface area contributed by atoms with Gasteiger partial charge in [-0.15, -0.1) is 0 Å². The number of anilines is 1. The number of carbonyl (C=O) groups is 2. The molecule has 9 heteroatoms. The molecule has 26 heavy (non-hydrogen) atoms. The quantitative estimate of drug-likeness (QED) is 0.736. The van der Waals surface area contributed by atoms with Gasteiger partial charge in [0.05, 0.1) is 31.1 Å². The van der Waals surface area contributed by atoms with Gasteiger partial charge in [-0.1, -0.05) is 0 Å². The molecule has 0 bridgehead atoms. The highest BCUT2D eigenvalue weighted by atomic mass is 19.2. The van der Waals surface area contributed by atoms with Gasteiger partial charge < -0.3 is 15.1 Å². The zero-order chi connectivity index (χ0) is 19.3. The maximum Gasteiger partial charge on any atom is 0.238 e. The van der Waals surface area contributed by atoms with Gasteiger partial charge in [0.2, 0.25) is 11.8 Å². The molecule has 140 valence electrons. The van der Waals surface area contributed by atoms with Crippen molar-refractivity contribution >= 4 is 17.5 Å². The van der Waals surface area contributed by atoms with Gasteiger partial charge >= 0.3 is 0 Å². The smallest absolute Gasteiger partial charge is 0.238 e. The normalized spacial score (nSPS) is 12.1. The highest BCUT2D eigenvalue weighted by Crippen LogP contribution is 2.19. The summed E-state index contributed by atoms with van der Waals surface area (Å²) in [4.78, 5) is 25.2. The molecule has 0 spiro atoms. The molecule has 1 aromatic carbocycles. The third-order valence-corrected chi connectivity index (χ3v) is 3.48. The predicted molar refractivity (Wildman–Crippen MR) is 87.7 cm³/mol. The number of nitrogens with zero attached hydrogens (tertiary/aromatic N) is 1. The van der Waals surface area contributed by atoms with Crippen LogP contribution in [0, 0.1) is 17.5 Å². The molecule has 2 amide bonds. The van der Waals surface area contributed by atoms with Gasteiger partial charge in [0.15, 0.2) is 17.5 Å². The SMILES string of the molecule is C[C@H](NC(=O)CN(C)CC(=O)Nc1ccc(F)c(F)c1F)c1ccco1. The van der Waals surface area contributed by atoms with Gasteiger partial charge in [-0.3, -0.25) is 14.5 Å². The molecule has 0 fully saturated rings. The summed E-state index contributed by atoms with van der Waals surface area (Å²) in [6, 6.07) is 4.71. The van der Waals surface area contributed by atoms with Crippen molar-refractivity contribution in [2.45, 2.75) is 13.0 Å². The van der Waals surface area contributed by atoms with Crippen molar-refractivity contribution in [3.8, 4) is 0 Å². The topological polar surface area (TPSA) is 74.6 Å². The lowest BCUT2D eigenvalue weighted by molar-refractivity contribution is -0.123. The maximum atomic E-state index is 13.5. The molecule has 2 aromatic rings. The van der Waals surface area contributed by atoms with Crippen LogP contribution < -0.4 is 10.6 Å². The second kappa shape index (κ2) is 8.52. The minimum atomic E-state index is -1.66. The van der Waals surface area contributed by atoms with Crippen LogP contribution in [-0.2, 0) is 9.59 Å². The molecule has 0 aliphatic heterocycles. The largest absolute Gasteiger partial charge is 0.467 e. The number of hydrogen-bond donors (Lipinski definition) is 2. The van der Waals surface area contributed by atoms with Crippen LogP contribution in [0.3, 0.4) is 0 Å². The average molecular weight is 369 g/mol. The van der Waals surface area contributed by atoms with Crippen LogP contribution in [0.1, 0.15) is 18.7 Å². The number of nitrogens with one attached hydrogen (secondary N) is 2. The summed E-state index contributed by atoms with van der Waals surface area (Å²) in [5.41, 5.74) is -0.474. The summed E-state index contributed by atoms with van der Waals surface area (Å²) >= 11 is 0. The third kappa shape index (κ3) is 5.09. The molecule has 1 aromatic heterocycles. The van der Waals surface area contributed by atoms with E-state index in [0.29, 0.717) is 11.8 Å². The highest BCUT2D eigenvalue weighted by molar-refractivity contribution is 5.92. The van der Waals surface area contributed by atoms with E-state index in [-0.39, 0.29) is 25.0 Å². The Bertz CT molecular complexity index is 781. The Morgan fingerprint density at radius 1 is 1.12 bits per heavy atom. The first-order valence-corrected chi connectivity index (χ1v) is 7.72. The van der Waals surface area contributed by atoms with Crippen LogP contribution >= 0.6 is 0 Å². The molecule has 0 saturated heterocycles. The van der Waals surface area contributed by atoms with E-state index >= 15 is 0 Å². The first kappa shape index (κ1) is 19.5. The number of amides is 2. The van der Waals surface area contributed by atoms with Crippen molar-refractivity contribution in [3.05, 3.63) is 53.7 Å². The molecule has 1 atom stereocenters. The van der Waals surface area contributed by atoms with Crippen LogP contribution in [-0.4, -0.2) is 36.9 Å². The molecule has 0 unspecified atom stereocenters. The van der Waals surface area contributed by atoms with E-state index in [1.54, 1.807) is 19.1 Å². The Labute approximate surface area is 148 Å². The van der Waals surface area contributed by atoms with Crippen molar-refractivity contribution in [2.75, 3.05) is 25.5 Å². The van der Waals surface area contributed by atoms with Crippen LogP contribution in [0.4, 0.5) is 18.9 Å². The fraction of sp³-hybridized carbons (Fsp3) is 0.294. The molecule has 0 aliphatic carbocycles. The standard InChI is InChI=1S/C17H18F3N3O3/c1-10(13-4-3-7-26-13)21-14(24)8-23(2)9-15(25)22-12-6-5-11(18)16(19)17(12)20/h3-7,10H,8-9H2,1-2H3,(H,21,24)(H,22,25)/t10-/m0/s1. The predicted octanol–water partition coefficient (Wildman–Crippen LogP) is 2.44. The summed E-state index contributed by atoms with van der Waals surface area (Å²) in [5, 5.41) is 4.84. The maximum absolute atomic E-state index is 13.5. The van der Waals surface area contributed by atoms with Crippen molar-refractivity contribution in [3.63, 3.8) is 0 Å². The second-order valence-corrected chi connectivity index (χ2v) is 5.75. The van der Waals surface area contributed by atoms with Gasteiger partial charge in [0.25, 0.3) is 0 Å². The molecule has 0 saturated carbocycles. The fourth-order valence-electron chi connectivity index (χ4n) is 2.25. The number of hydrogen-bond acceptors (Lipinski definition) is 4. The monoisotopic (exact) mass is 369 g/mol. The van der Waals surface area contributed by atoms with E-state index in [2.05, 4.69) is 10.6 Å². The third-order valence-electron chi connectivity index (χ3n) is 3.48. The molecule has 2 N–H and O–H groups in total. The lowest BCUT2D eigenvalue weighted by atomic mass is 10.2. The van der Waals surface area contributed by atoms with Crippen molar-refractivity contribution in [2.24, 2.45) is 0 Å². The molecule has 6 nitrogen and oxygen atoms in total. The molecular formula is C17H18F3N3O3. The zero-order valence-electron chi connectivity index (χ0n) is 14.2. The Morgan fingerprint density at radius 3 is 2.46 bits per heavy atom. The van der Waals surface area contributed by atoms with Gasteiger partial charge in [0.1, 0.15) is 5.76 Å². The number of carbonyl (C=O) groups excluding carboxylic acids is 2. The Kier molecular flexibility index (Phi) is 6.40. The Morgan fingerprint density at radius 2 is 1.81 bits per heavy atom. The second-order valence-electron chi connectivity index (χ2n) is 5.75. The summed E-state index contributed by atoms with van der Waals surface area (Å²) in [6.45, 7) is 1.40. The number of furan rings is 1. The van der Waals surface area contributed by atoms with E-state index in [1.807, 2.05) is 0 Å². The first-order valence-electron chi connectivity index (χ1n) is 7.72. The molecule has 2 rings (SSSR count). The lowest BCUT2D eigenvalue weighted by Crippen LogP contribution is -2.39. The van der Waals surface area contributed by atoms with Crippen LogP contribution in [0.25, 0.3) is 0 Å². The molecular weight excluding hydrogens is 351 g/mol. The Hall–Kier alpha value is -2.81. The zero-order valence-corrected chi connectivity index (χ0v) is 14.2. The van der Waals surface area contributed by atoms with Crippen LogP contribution in [0.5, 0.6) is 0 Å². The van der Waals surface area contributed by atoms with Crippen LogP contribution in [0.2, 0.25) is 0 Å². The number of rotatable bonds is 7. The van der Waals surface area contributed by atoms with Gasteiger partial charge in [-0.05, 0) is 38.2 Å². The van der Waals surface area contributed by atoms with E-state index < -0.39 is 29.0 Å². The van der Waals surface area contributed by atoms with Crippen molar-refractivity contribution in [1.29, 1.82) is 0 Å². The van der Waals surface area contributed by atoms with Gasteiger partial charge in [-0.25, -0.2) is 13.2 Å². The number of likely N-dealkylation sites (N-methyl/N-ethyl adjacent to an activating group) is 1. The van der Waals surface area contributed by atoms with Crippen LogP contribution in [0.15, 0.2) is 34.9 Å². The summed E-state index contributed by atoms with van der Waals surface area (Å²) in [5.74, 6) is -4.92. The summed E-state index contributed by atoms with van der Waals surface area (Å²) in [7, 11) is 1.51. The number of benzene rings is 1. The van der Waals surface area contributed by atoms with Crippen molar-refractivity contribution in [1.82, 2.24) is 10.2 Å². The van der Waals surface area contributed by atoms with Crippen molar-refractivity contribution < 1.29 is 27.2 Å². The van der Waals surface area contributed by atoms with E-state index in [0.717, 1.165) is 6.07 Å². The molecule has 0 aliphatic rings. The Balaban J connectivity index is 1.83.